The van der Waals surface area contributed by atoms with Crippen molar-refractivity contribution in [2.24, 2.45) is 5.41 Å². The second-order valence-corrected chi connectivity index (χ2v) is 7.54. The lowest BCUT2D eigenvalue weighted by atomic mass is 9.89. The van der Waals surface area contributed by atoms with Crippen molar-refractivity contribution in [2.75, 3.05) is 19.8 Å². The molecule has 0 spiro atoms. The molecule has 0 amide bonds. The van der Waals surface area contributed by atoms with Crippen LogP contribution in [-0.2, 0) is 9.57 Å². The minimum atomic E-state index is 0.00700. The van der Waals surface area contributed by atoms with E-state index in [9.17, 15) is 0 Å². The van der Waals surface area contributed by atoms with Crippen LogP contribution in [0, 0.1) is 5.41 Å². The van der Waals surface area contributed by atoms with Crippen LogP contribution in [0.25, 0.3) is 0 Å². The van der Waals surface area contributed by atoms with Gasteiger partial charge in [-0.15, -0.1) is 0 Å². The first-order chi connectivity index (χ1) is 8.71. The second-order valence-electron chi connectivity index (χ2n) is 7.54. The van der Waals surface area contributed by atoms with Crippen molar-refractivity contribution in [1.29, 1.82) is 0 Å². The summed E-state index contributed by atoms with van der Waals surface area (Å²) in [5, 5.41) is 0. The normalized spacial score (nSPS) is 12.9. The van der Waals surface area contributed by atoms with Crippen LogP contribution >= 0.6 is 0 Å². The summed E-state index contributed by atoms with van der Waals surface area (Å²) in [7, 11) is 0. The lowest BCUT2D eigenvalue weighted by Gasteiger charge is -2.19. The highest BCUT2D eigenvalue weighted by Crippen LogP contribution is 2.22. The van der Waals surface area contributed by atoms with Crippen LogP contribution in [0.15, 0.2) is 0 Å². The monoisotopic (exact) mass is 273 g/mol. The number of hydrogen-bond donors (Lipinski definition) is 1. The summed E-state index contributed by atoms with van der Waals surface area (Å²) in [6, 6.07) is 0. The number of nitrogens with one attached hydrogen (secondary N) is 1. The van der Waals surface area contributed by atoms with Crippen LogP contribution in [-0.4, -0.2) is 25.4 Å². The number of ether oxygens (including phenoxy) is 1. The van der Waals surface area contributed by atoms with E-state index in [1.54, 1.807) is 0 Å². The van der Waals surface area contributed by atoms with E-state index in [-0.39, 0.29) is 5.54 Å². The van der Waals surface area contributed by atoms with E-state index < -0.39 is 0 Å². The van der Waals surface area contributed by atoms with Crippen LogP contribution < -0.4 is 5.48 Å². The zero-order valence-corrected chi connectivity index (χ0v) is 14.0. The van der Waals surface area contributed by atoms with Crippen LogP contribution in [0.4, 0.5) is 0 Å². The Morgan fingerprint density at radius 2 is 1.37 bits per heavy atom. The second kappa shape index (κ2) is 9.73. The average molecular weight is 273 g/mol. The molecule has 0 heterocycles. The summed E-state index contributed by atoms with van der Waals surface area (Å²) in [6.07, 6.45) is 6.42. The molecule has 116 valence electrons. The van der Waals surface area contributed by atoms with Gasteiger partial charge in [0.1, 0.15) is 0 Å². The minimum absolute atomic E-state index is 0.00700. The summed E-state index contributed by atoms with van der Waals surface area (Å²) >= 11 is 0. The molecule has 0 aliphatic rings. The molecule has 0 unspecified atom stereocenters. The molecule has 1 N–H and O–H groups in total. The highest BCUT2D eigenvalue weighted by molar-refractivity contribution is 4.63. The smallest absolute Gasteiger partial charge is 0.0916 e. The first kappa shape index (κ1) is 18.9. The standard InChI is InChI=1S/C16H35NO2/c1-15(2,3)11-9-7-8-10-12-18-13-14-19-17-16(4,5)6/h17H,7-14H2,1-6H3. The third-order valence-corrected chi connectivity index (χ3v) is 2.67. The van der Waals surface area contributed by atoms with Gasteiger partial charge in [-0.3, -0.25) is 4.84 Å². The molecule has 19 heavy (non-hydrogen) atoms. The van der Waals surface area contributed by atoms with Gasteiger partial charge in [-0.25, -0.2) is 0 Å². The predicted molar refractivity (Wildman–Crippen MR) is 82.2 cm³/mol. The Morgan fingerprint density at radius 3 is 1.95 bits per heavy atom. The summed E-state index contributed by atoms with van der Waals surface area (Å²) in [6.45, 7) is 15.3. The van der Waals surface area contributed by atoms with Gasteiger partial charge < -0.3 is 4.74 Å². The van der Waals surface area contributed by atoms with E-state index in [1.807, 2.05) is 0 Å². The molecule has 0 aliphatic heterocycles. The quantitative estimate of drug-likeness (QED) is 0.475. The topological polar surface area (TPSA) is 30.5 Å². The largest absolute Gasteiger partial charge is 0.379 e. The Balaban J connectivity index is 3.12. The van der Waals surface area contributed by atoms with Crippen molar-refractivity contribution in [3.63, 3.8) is 0 Å². The van der Waals surface area contributed by atoms with Gasteiger partial charge in [0.25, 0.3) is 0 Å². The van der Waals surface area contributed by atoms with Gasteiger partial charge in [-0.2, -0.15) is 5.48 Å². The number of hydroxylamine groups is 1. The Labute approximate surface area is 120 Å². The molecule has 0 rings (SSSR count). The van der Waals surface area contributed by atoms with Gasteiger partial charge in [-0.1, -0.05) is 40.0 Å². The molecule has 3 nitrogen and oxygen atoms in total. The number of hydrogen-bond acceptors (Lipinski definition) is 3. The fraction of sp³-hybridized carbons (Fsp3) is 1.00. The molecule has 0 radical (unpaired) electrons. The average Bonchev–Trinajstić information content (AvgIpc) is 2.22. The van der Waals surface area contributed by atoms with E-state index in [2.05, 4.69) is 47.0 Å². The van der Waals surface area contributed by atoms with Gasteiger partial charge in [0.05, 0.1) is 13.2 Å². The zero-order chi connectivity index (χ0) is 14.8. The third-order valence-electron chi connectivity index (χ3n) is 2.67. The van der Waals surface area contributed by atoms with Crippen molar-refractivity contribution in [2.45, 2.75) is 79.2 Å². The van der Waals surface area contributed by atoms with Crippen LogP contribution in [0.3, 0.4) is 0 Å². The van der Waals surface area contributed by atoms with Gasteiger partial charge >= 0.3 is 0 Å². The van der Waals surface area contributed by atoms with Crippen molar-refractivity contribution in [3.8, 4) is 0 Å². The summed E-state index contributed by atoms with van der Waals surface area (Å²) < 4.78 is 5.53. The maximum Gasteiger partial charge on any atom is 0.0916 e. The zero-order valence-electron chi connectivity index (χ0n) is 14.0. The van der Waals surface area contributed by atoms with Gasteiger partial charge in [-0.05, 0) is 39.0 Å². The first-order valence-corrected chi connectivity index (χ1v) is 7.67. The molecular weight excluding hydrogens is 238 g/mol. The van der Waals surface area contributed by atoms with Crippen LogP contribution in [0.5, 0.6) is 0 Å². The third kappa shape index (κ3) is 17.9. The van der Waals surface area contributed by atoms with E-state index in [0.29, 0.717) is 18.6 Å². The Kier molecular flexibility index (Phi) is 9.67. The van der Waals surface area contributed by atoms with Crippen molar-refractivity contribution >= 4 is 0 Å². The molecule has 0 aromatic rings. The van der Waals surface area contributed by atoms with E-state index in [0.717, 1.165) is 13.0 Å². The van der Waals surface area contributed by atoms with Crippen LogP contribution in [0.2, 0.25) is 0 Å². The number of rotatable bonds is 10. The van der Waals surface area contributed by atoms with Crippen molar-refractivity contribution in [1.82, 2.24) is 5.48 Å². The van der Waals surface area contributed by atoms with Crippen molar-refractivity contribution in [3.05, 3.63) is 0 Å². The highest BCUT2D eigenvalue weighted by Gasteiger charge is 2.09. The lowest BCUT2D eigenvalue weighted by Crippen LogP contribution is -2.36. The molecule has 0 saturated carbocycles. The molecule has 0 aliphatic carbocycles. The Bertz CT molecular complexity index is 182. The summed E-state index contributed by atoms with van der Waals surface area (Å²) in [4.78, 5) is 5.31. The molecule has 0 aromatic carbocycles. The summed E-state index contributed by atoms with van der Waals surface area (Å²) in [5.41, 5.74) is 3.46. The minimum Gasteiger partial charge on any atom is -0.379 e. The number of unbranched alkanes of at least 4 members (excludes halogenated alkanes) is 3. The van der Waals surface area contributed by atoms with Gasteiger partial charge in [0.15, 0.2) is 0 Å². The maximum atomic E-state index is 5.53. The molecular formula is C16H35NO2. The molecule has 0 saturated heterocycles. The fourth-order valence-corrected chi connectivity index (χ4v) is 1.68. The van der Waals surface area contributed by atoms with Gasteiger partial charge in [0, 0.05) is 12.1 Å². The van der Waals surface area contributed by atoms with E-state index >= 15 is 0 Å². The molecule has 0 fully saturated rings. The molecule has 0 bridgehead atoms. The van der Waals surface area contributed by atoms with Crippen molar-refractivity contribution < 1.29 is 9.57 Å². The SMILES string of the molecule is CC(C)(C)CCCCCCOCCONC(C)(C)C. The van der Waals surface area contributed by atoms with Crippen LogP contribution in [0.1, 0.15) is 73.6 Å². The Hall–Kier alpha value is -0.120. The van der Waals surface area contributed by atoms with Gasteiger partial charge in [0.2, 0.25) is 0 Å². The lowest BCUT2D eigenvalue weighted by molar-refractivity contribution is -0.0366. The molecule has 0 aromatic heterocycles. The maximum absolute atomic E-state index is 5.53. The summed E-state index contributed by atoms with van der Waals surface area (Å²) in [5.74, 6) is 0. The molecule has 0 atom stereocenters. The molecule has 3 heteroatoms. The van der Waals surface area contributed by atoms with E-state index in [1.165, 1.54) is 25.7 Å². The van der Waals surface area contributed by atoms with E-state index in [4.69, 9.17) is 9.57 Å². The highest BCUT2D eigenvalue weighted by atomic mass is 16.7. The predicted octanol–water partition coefficient (Wildman–Crippen LogP) is 4.32. The Morgan fingerprint density at radius 1 is 0.737 bits per heavy atom. The fourth-order valence-electron chi connectivity index (χ4n) is 1.68. The first-order valence-electron chi connectivity index (χ1n) is 7.67.